The highest BCUT2D eigenvalue weighted by atomic mass is 35.5. The highest BCUT2D eigenvalue weighted by Crippen LogP contribution is 2.35. The van der Waals surface area contributed by atoms with Crippen LogP contribution in [0.1, 0.15) is 73.4 Å². The molecule has 4 unspecified atom stereocenters. The highest BCUT2D eigenvalue weighted by molar-refractivity contribution is 7.84. The van der Waals surface area contributed by atoms with Gasteiger partial charge in [0, 0.05) is 37.7 Å². The van der Waals surface area contributed by atoms with E-state index in [-0.39, 0.29) is 29.0 Å². The van der Waals surface area contributed by atoms with Crippen LogP contribution in [0.4, 0.5) is 10.1 Å². The van der Waals surface area contributed by atoms with Crippen molar-refractivity contribution < 1.29 is 22.9 Å². The number of amides is 1. The number of fused-ring (bicyclic) bond motifs is 1. The summed E-state index contributed by atoms with van der Waals surface area (Å²) in [4.78, 5) is 17.2. The molecule has 0 bridgehead atoms. The Labute approximate surface area is 269 Å². The zero-order valence-corrected chi connectivity index (χ0v) is 28.2. The molecule has 4 rings (SSSR count). The number of hydrogen-bond acceptors (Lipinski definition) is 6. The molecular weight excluding hydrogens is 601 g/mol. The van der Waals surface area contributed by atoms with E-state index in [1.54, 1.807) is 31.4 Å². The lowest BCUT2D eigenvalue weighted by atomic mass is 9.83. The summed E-state index contributed by atoms with van der Waals surface area (Å²) < 4.78 is 42.5. The number of ether oxygens (including phenoxy) is 2. The molecule has 1 saturated heterocycles. The molecular formula is C34H47ClFN3O4S. The second kappa shape index (κ2) is 16.2. The number of carbonyl (C=O) groups excluding carboxylic acids is 1. The Bertz CT molecular complexity index is 1330. The molecule has 1 aliphatic carbocycles. The van der Waals surface area contributed by atoms with Gasteiger partial charge in [-0.15, -0.1) is 0 Å². The Kier molecular flexibility index (Phi) is 12.7. The van der Waals surface area contributed by atoms with Gasteiger partial charge in [-0.3, -0.25) is 14.4 Å². The second-order valence-electron chi connectivity index (χ2n) is 12.3. The SMILES string of the molecule is COCC(/C(F)=C/C[C@H](C)C(C)S(=O)NC(=O)c1ccc(OCC2CCCc3cc(Cl)ccc32)c(N(C)C)c1)N1CCCC1. The summed E-state index contributed by atoms with van der Waals surface area (Å²) in [5.41, 5.74) is 3.73. The van der Waals surface area contributed by atoms with Gasteiger partial charge in [0.2, 0.25) is 0 Å². The standard InChI is InChI=1S/C34H47ClFN3O4S/c1-23(11-15-30(36)32(22-42-5)39-17-6-7-18-39)24(2)44(41)37-34(40)26-12-16-33(31(20-26)38(3)4)43-21-27-10-8-9-25-19-28(35)13-14-29(25)27/h12-16,19-20,23-24,27,32H,6-11,17-18,21-22H2,1-5H3,(H,37,40)/b30-15-/t23-,24?,27?,32?,44?/m0/s1. The van der Waals surface area contributed by atoms with Gasteiger partial charge in [-0.25, -0.2) is 8.60 Å². The Morgan fingerprint density at radius 3 is 2.64 bits per heavy atom. The number of nitrogens with one attached hydrogen (secondary N) is 1. The second-order valence-corrected chi connectivity index (χ2v) is 14.2. The smallest absolute Gasteiger partial charge is 0.263 e. The monoisotopic (exact) mass is 647 g/mol. The van der Waals surface area contributed by atoms with Gasteiger partial charge in [0.1, 0.15) is 22.6 Å². The number of methoxy groups -OCH3 is 1. The lowest BCUT2D eigenvalue weighted by Gasteiger charge is -2.27. The average Bonchev–Trinajstić information content (AvgIpc) is 3.55. The number of benzene rings is 2. The molecule has 1 N–H and O–H groups in total. The Balaban J connectivity index is 1.35. The number of anilines is 1. The molecule has 1 heterocycles. The van der Waals surface area contributed by atoms with E-state index in [1.807, 2.05) is 38.9 Å². The van der Waals surface area contributed by atoms with Gasteiger partial charge < -0.3 is 14.4 Å². The first-order valence-electron chi connectivity index (χ1n) is 15.6. The summed E-state index contributed by atoms with van der Waals surface area (Å²) in [5, 5.41) is 0.383. The molecule has 2 aromatic carbocycles. The van der Waals surface area contributed by atoms with Crippen LogP contribution in [0.2, 0.25) is 5.02 Å². The Morgan fingerprint density at radius 1 is 1.18 bits per heavy atom. The predicted molar refractivity (Wildman–Crippen MR) is 178 cm³/mol. The normalized spacial score (nSPS) is 20.0. The minimum absolute atomic E-state index is 0.113. The number of hydrogen-bond donors (Lipinski definition) is 1. The molecule has 0 radical (unpaired) electrons. The lowest BCUT2D eigenvalue weighted by molar-refractivity contribution is 0.0982. The topological polar surface area (TPSA) is 71.1 Å². The van der Waals surface area contributed by atoms with Gasteiger partial charge >= 0.3 is 0 Å². The molecule has 0 saturated carbocycles. The summed E-state index contributed by atoms with van der Waals surface area (Å²) in [5.74, 6) is 0.210. The van der Waals surface area contributed by atoms with Crippen LogP contribution in [0.15, 0.2) is 48.3 Å². The molecule has 2 aromatic rings. The summed E-state index contributed by atoms with van der Waals surface area (Å²) in [6.07, 6.45) is 7.30. The van der Waals surface area contributed by atoms with Crippen molar-refractivity contribution in [1.82, 2.24) is 9.62 Å². The van der Waals surface area contributed by atoms with Crippen LogP contribution in [0.3, 0.4) is 0 Å². The maximum atomic E-state index is 15.1. The van der Waals surface area contributed by atoms with Crippen molar-refractivity contribution in [2.45, 2.75) is 69.6 Å². The van der Waals surface area contributed by atoms with Gasteiger partial charge in [0.05, 0.1) is 30.2 Å². The van der Waals surface area contributed by atoms with E-state index in [2.05, 4.69) is 21.8 Å². The Morgan fingerprint density at radius 2 is 1.93 bits per heavy atom. The summed E-state index contributed by atoms with van der Waals surface area (Å²) in [7, 11) is 3.74. The fourth-order valence-corrected chi connectivity index (χ4v) is 7.24. The molecule has 1 fully saturated rings. The van der Waals surface area contributed by atoms with E-state index in [0.717, 1.165) is 55.9 Å². The maximum Gasteiger partial charge on any atom is 0.263 e. The number of likely N-dealkylation sites (tertiary alicyclic amines) is 1. The number of halogens is 2. The lowest BCUT2D eigenvalue weighted by Crippen LogP contribution is -2.37. The quantitative estimate of drug-likeness (QED) is 0.247. The van der Waals surface area contributed by atoms with Crippen LogP contribution in [0.5, 0.6) is 5.75 Å². The van der Waals surface area contributed by atoms with Crippen molar-refractivity contribution in [3.63, 3.8) is 0 Å². The maximum absolute atomic E-state index is 15.1. The number of carbonyl (C=O) groups is 1. The fraction of sp³-hybridized carbons (Fsp3) is 0.559. The minimum atomic E-state index is -1.65. The third kappa shape index (κ3) is 8.83. The van der Waals surface area contributed by atoms with Crippen LogP contribution >= 0.6 is 11.6 Å². The van der Waals surface area contributed by atoms with Crippen molar-refractivity contribution in [1.29, 1.82) is 0 Å². The van der Waals surface area contributed by atoms with Gasteiger partial charge in [-0.05, 0) is 106 Å². The summed E-state index contributed by atoms with van der Waals surface area (Å²) in [6, 6.07) is 11.0. The van der Waals surface area contributed by atoms with Gasteiger partial charge in [0.25, 0.3) is 5.91 Å². The van der Waals surface area contributed by atoms with Crippen LogP contribution in [0, 0.1) is 5.92 Å². The largest absolute Gasteiger partial charge is 0.491 e. The van der Waals surface area contributed by atoms with Crippen molar-refractivity contribution in [2.24, 2.45) is 5.92 Å². The molecule has 0 spiro atoms. The fourth-order valence-electron chi connectivity index (χ4n) is 6.03. The minimum Gasteiger partial charge on any atom is -0.491 e. The first-order valence-corrected chi connectivity index (χ1v) is 17.2. The zero-order valence-electron chi connectivity index (χ0n) is 26.6. The van der Waals surface area contributed by atoms with Crippen molar-refractivity contribution >= 4 is 34.2 Å². The van der Waals surface area contributed by atoms with E-state index in [4.69, 9.17) is 21.1 Å². The van der Waals surface area contributed by atoms with E-state index < -0.39 is 16.9 Å². The number of allylic oxidation sites excluding steroid dienone is 1. The highest BCUT2D eigenvalue weighted by Gasteiger charge is 2.27. The Hall–Kier alpha value is -2.46. The van der Waals surface area contributed by atoms with Crippen LogP contribution in [-0.4, -0.2) is 73.8 Å². The van der Waals surface area contributed by atoms with Crippen LogP contribution < -0.4 is 14.4 Å². The van der Waals surface area contributed by atoms with Gasteiger partial charge in [-0.2, -0.15) is 0 Å². The number of nitrogens with zero attached hydrogens (tertiary/aromatic N) is 2. The summed E-state index contributed by atoms with van der Waals surface area (Å²) in [6.45, 7) is 6.31. The molecule has 7 nitrogen and oxygen atoms in total. The molecule has 0 aromatic heterocycles. The molecule has 5 atom stereocenters. The molecule has 10 heteroatoms. The first kappa shape index (κ1) is 34.4. The molecule has 242 valence electrons. The molecule has 44 heavy (non-hydrogen) atoms. The van der Waals surface area contributed by atoms with E-state index in [9.17, 15) is 9.00 Å². The van der Waals surface area contributed by atoms with E-state index >= 15 is 4.39 Å². The van der Waals surface area contributed by atoms with Crippen LogP contribution in [0.25, 0.3) is 0 Å². The zero-order chi connectivity index (χ0) is 31.8. The van der Waals surface area contributed by atoms with Gasteiger partial charge in [-0.1, -0.05) is 30.7 Å². The average molecular weight is 648 g/mol. The van der Waals surface area contributed by atoms with Gasteiger partial charge in [0.15, 0.2) is 0 Å². The van der Waals surface area contributed by atoms with E-state index in [0.29, 0.717) is 30.9 Å². The predicted octanol–water partition coefficient (Wildman–Crippen LogP) is 6.68. The van der Waals surface area contributed by atoms with Crippen molar-refractivity contribution in [3.8, 4) is 5.75 Å². The summed E-state index contributed by atoms with van der Waals surface area (Å²) >= 11 is 6.21. The van der Waals surface area contributed by atoms with Crippen LogP contribution in [-0.2, 0) is 22.1 Å². The molecule has 2 aliphatic rings. The first-order chi connectivity index (χ1) is 21.1. The molecule has 1 aliphatic heterocycles. The third-order valence-corrected chi connectivity index (χ3v) is 10.7. The van der Waals surface area contributed by atoms with Crippen molar-refractivity contribution in [3.05, 3.63) is 70.0 Å². The molecule has 1 amide bonds. The number of aryl methyl sites for hydroxylation is 1. The third-order valence-electron chi connectivity index (χ3n) is 8.93. The number of rotatable bonds is 14. The van der Waals surface area contributed by atoms with Crippen molar-refractivity contribution in [2.75, 3.05) is 52.4 Å². The van der Waals surface area contributed by atoms with E-state index in [1.165, 1.54) is 11.1 Å².